The average Bonchev–Trinajstić information content (AvgIpc) is 3.19. The molecule has 2 heterocycles. The number of nitrogens with zero attached hydrogens (tertiary/aromatic N) is 1. The Labute approximate surface area is 121 Å². The van der Waals surface area contributed by atoms with Crippen molar-refractivity contribution in [2.45, 2.75) is 69.2 Å². The number of carbonyl (C=O) groups is 1. The van der Waals surface area contributed by atoms with Crippen LogP contribution in [-0.4, -0.2) is 54.7 Å². The SMILES string of the molecule is NC[C@H]1CC[C@@H](C(=O)NC2CCN(C3CCCC3)C2)O1. The molecule has 3 rings (SSSR count). The van der Waals surface area contributed by atoms with Gasteiger partial charge < -0.3 is 15.8 Å². The van der Waals surface area contributed by atoms with Crippen LogP contribution >= 0.6 is 0 Å². The molecule has 0 spiro atoms. The van der Waals surface area contributed by atoms with Crippen molar-refractivity contribution in [2.75, 3.05) is 19.6 Å². The van der Waals surface area contributed by atoms with Crippen molar-refractivity contribution in [3.63, 3.8) is 0 Å². The molecule has 2 saturated heterocycles. The third-order valence-corrected chi connectivity index (χ3v) is 5.07. The number of likely N-dealkylation sites (tertiary alicyclic amines) is 1. The maximum absolute atomic E-state index is 12.2. The van der Waals surface area contributed by atoms with Crippen molar-refractivity contribution in [3.8, 4) is 0 Å². The van der Waals surface area contributed by atoms with E-state index in [0.717, 1.165) is 38.4 Å². The van der Waals surface area contributed by atoms with Gasteiger partial charge in [-0.2, -0.15) is 0 Å². The van der Waals surface area contributed by atoms with Crippen LogP contribution in [0.4, 0.5) is 0 Å². The van der Waals surface area contributed by atoms with Crippen LogP contribution in [0.25, 0.3) is 0 Å². The molecule has 1 aliphatic carbocycles. The van der Waals surface area contributed by atoms with E-state index < -0.39 is 0 Å². The summed E-state index contributed by atoms with van der Waals surface area (Å²) in [5.74, 6) is 0.0687. The predicted molar refractivity (Wildman–Crippen MR) is 77.3 cm³/mol. The predicted octanol–water partition coefficient (Wildman–Crippen LogP) is 0.626. The minimum absolute atomic E-state index is 0.0687. The minimum Gasteiger partial charge on any atom is -0.364 e. The topological polar surface area (TPSA) is 67.6 Å². The molecule has 3 N–H and O–H groups in total. The molecule has 0 aromatic rings. The molecule has 5 nitrogen and oxygen atoms in total. The summed E-state index contributed by atoms with van der Waals surface area (Å²) in [4.78, 5) is 14.8. The zero-order chi connectivity index (χ0) is 13.9. The Morgan fingerprint density at radius 2 is 2.00 bits per heavy atom. The van der Waals surface area contributed by atoms with Crippen molar-refractivity contribution in [3.05, 3.63) is 0 Å². The highest BCUT2D eigenvalue weighted by atomic mass is 16.5. The highest BCUT2D eigenvalue weighted by Gasteiger charge is 2.34. The van der Waals surface area contributed by atoms with Gasteiger partial charge in [-0.25, -0.2) is 0 Å². The zero-order valence-electron chi connectivity index (χ0n) is 12.2. The molecule has 5 heteroatoms. The number of hydrogen-bond donors (Lipinski definition) is 2. The average molecular weight is 281 g/mol. The Bertz CT molecular complexity index is 344. The lowest BCUT2D eigenvalue weighted by molar-refractivity contribution is -0.132. The molecule has 0 aromatic heterocycles. The Morgan fingerprint density at radius 1 is 1.20 bits per heavy atom. The number of rotatable bonds is 4. The monoisotopic (exact) mass is 281 g/mol. The molecule has 3 aliphatic rings. The van der Waals surface area contributed by atoms with Crippen molar-refractivity contribution < 1.29 is 9.53 Å². The molecule has 1 unspecified atom stereocenters. The molecular weight excluding hydrogens is 254 g/mol. The number of ether oxygens (including phenoxy) is 1. The lowest BCUT2D eigenvalue weighted by Gasteiger charge is -2.24. The van der Waals surface area contributed by atoms with E-state index in [2.05, 4.69) is 10.2 Å². The number of nitrogens with one attached hydrogen (secondary N) is 1. The number of nitrogens with two attached hydrogens (primary N) is 1. The third-order valence-electron chi connectivity index (χ3n) is 5.07. The standard InChI is InChI=1S/C15H27N3O2/c16-9-13-5-6-14(20-13)15(19)17-11-7-8-18(10-11)12-3-1-2-4-12/h11-14H,1-10,16H2,(H,17,19)/t11?,13-,14+/m1/s1. The van der Waals surface area contributed by atoms with Gasteiger partial charge in [0.05, 0.1) is 6.10 Å². The fraction of sp³-hybridized carbons (Fsp3) is 0.933. The first-order valence-corrected chi connectivity index (χ1v) is 8.16. The van der Waals surface area contributed by atoms with Crippen molar-refractivity contribution in [1.82, 2.24) is 10.2 Å². The molecule has 20 heavy (non-hydrogen) atoms. The normalized spacial score (nSPS) is 35.8. The van der Waals surface area contributed by atoms with Gasteiger partial charge in [-0.1, -0.05) is 12.8 Å². The number of hydrogen-bond acceptors (Lipinski definition) is 4. The highest BCUT2D eigenvalue weighted by molar-refractivity contribution is 5.81. The molecule has 0 radical (unpaired) electrons. The summed E-state index contributed by atoms with van der Waals surface area (Å²) in [5, 5.41) is 3.17. The molecule has 3 fully saturated rings. The second kappa shape index (κ2) is 6.41. The Morgan fingerprint density at radius 3 is 2.70 bits per heavy atom. The van der Waals surface area contributed by atoms with E-state index >= 15 is 0 Å². The van der Waals surface area contributed by atoms with Gasteiger partial charge in [-0.15, -0.1) is 0 Å². The number of amides is 1. The van der Waals surface area contributed by atoms with Crippen LogP contribution in [-0.2, 0) is 9.53 Å². The second-order valence-electron chi connectivity index (χ2n) is 6.49. The first-order chi connectivity index (χ1) is 9.76. The van der Waals surface area contributed by atoms with Gasteiger partial charge >= 0.3 is 0 Å². The Hall–Kier alpha value is -0.650. The summed E-state index contributed by atoms with van der Waals surface area (Å²) < 4.78 is 5.66. The van der Waals surface area contributed by atoms with E-state index in [1.807, 2.05) is 0 Å². The third kappa shape index (κ3) is 3.15. The van der Waals surface area contributed by atoms with Gasteiger partial charge in [0.2, 0.25) is 5.91 Å². The summed E-state index contributed by atoms with van der Waals surface area (Å²) in [7, 11) is 0. The summed E-state index contributed by atoms with van der Waals surface area (Å²) in [6.45, 7) is 2.67. The molecule has 0 aromatic carbocycles. The minimum atomic E-state index is -0.274. The first-order valence-electron chi connectivity index (χ1n) is 8.16. The summed E-state index contributed by atoms with van der Waals surface area (Å²) in [6, 6.07) is 1.07. The molecule has 0 bridgehead atoms. The Kier molecular flexibility index (Phi) is 4.58. The molecule has 1 saturated carbocycles. The maximum Gasteiger partial charge on any atom is 0.249 e. The van der Waals surface area contributed by atoms with E-state index in [0.29, 0.717) is 12.6 Å². The number of carbonyl (C=O) groups excluding carboxylic acids is 1. The fourth-order valence-corrected chi connectivity index (χ4v) is 3.87. The van der Waals surface area contributed by atoms with Crippen molar-refractivity contribution in [2.24, 2.45) is 5.73 Å². The maximum atomic E-state index is 12.2. The molecular formula is C15H27N3O2. The Balaban J connectivity index is 1.43. The van der Waals surface area contributed by atoms with Crippen LogP contribution in [0.5, 0.6) is 0 Å². The quantitative estimate of drug-likeness (QED) is 0.793. The van der Waals surface area contributed by atoms with Gasteiger partial charge in [0, 0.05) is 31.7 Å². The van der Waals surface area contributed by atoms with Crippen LogP contribution in [0, 0.1) is 0 Å². The van der Waals surface area contributed by atoms with Crippen molar-refractivity contribution in [1.29, 1.82) is 0 Å². The van der Waals surface area contributed by atoms with Crippen LogP contribution in [0.2, 0.25) is 0 Å². The summed E-state index contributed by atoms with van der Waals surface area (Å²) in [6.07, 6.45) is 8.02. The van der Waals surface area contributed by atoms with Gasteiger partial charge in [0.25, 0.3) is 0 Å². The molecule has 114 valence electrons. The van der Waals surface area contributed by atoms with Gasteiger partial charge in [0.1, 0.15) is 6.10 Å². The fourth-order valence-electron chi connectivity index (χ4n) is 3.87. The summed E-state index contributed by atoms with van der Waals surface area (Å²) in [5.41, 5.74) is 5.58. The second-order valence-corrected chi connectivity index (χ2v) is 6.49. The van der Waals surface area contributed by atoms with E-state index in [1.165, 1.54) is 25.7 Å². The zero-order valence-corrected chi connectivity index (χ0v) is 12.2. The van der Waals surface area contributed by atoms with Crippen molar-refractivity contribution >= 4 is 5.91 Å². The summed E-state index contributed by atoms with van der Waals surface area (Å²) >= 11 is 0. The van der Waals surface area contributed by atoms with Crippen LogP contribution in [0.3, 0.4) is 0 Å². The van der Waals surface area contributed by atoms with E-state index in [1.54, 1.807) is 0 Å². The lowest BCUT2D eigenvalue weighted by Crippen LogP contribution is -2.43. The molecule has 3 atom stereocenters. The van der Waals surface area contributed by atoms with E-state index in [-0.39, 0.29) is 18.1 Å². The smallest absolute Gasteiger partial charge is 0.249 e. The van der Waals surface area contributed by atoms with Crippen LogP contribution in [0.15, 0.2) is 0 Å². The van der Waals surface area contributed by atoms with Gasteiger partial charge in [-0.05, 0) is 32.1 Å². The van der Waals surface area contributed by atoms with Crippen LogP contribution in [0.1, 0.15) is 44.9 Å². The van der Waals surface area contributed by atoms with Gasteiger partial charge in [-0.3, -0.25) is 9.69 Å². The highest BCUT2D eigenvalue weighted by Crippen LogP contribution is 2.27. The van der Waals surface area contributed by atoms with E-state index in [9.17, 15) is 4.79 Å². The largest absolute Gasteiger partial charge is 0.364 e. The molecule has 1 amide bonds. The first kappa shape index (κ1) is 14.3. The van der Waals surface area contributed by atoms with E-state index in [4.69, 9.17) is 10.5 Å². The van der Waals surface area contributed by atoms with Gasteiger partial charge in [0.15, 0.2) is 0 Å². The molecule has 2 aliphatic heterocycles. The lowest BCUT2D eigenvalue weighted by atomic mass is 10.1. The van der Waals surface area contributed by atoms with Crippen LogP contribution < -0.4 is 11.1 Å².